The average molecular weight is 376 g/mol. The van der Waals surface area contributed by atoms with E-state index in [4.69, 9.17) is 9.47 Å². The van der Waals surface area contributed by atoms with E-state index in [1.165, 1.54) is 5.69 Å². The molecule has 0 aliphatic carbocycles. The molecule has 0 unspecified atom stereocenters. The van der Waals surface area contributed by atoms with E-state index in [0.29, 0.717) is 6.42 Å². The second kappa shape index (κ2) is 5.70. The SMILES string of the molecule is Cc1cc2ncc3c(n2n1)C[C@@H]1CC[C@H]3N1C(=O)Cc1ccc2c(c1)OCO2. The van der Waals surface area contributed by atoms with Crippen LogP contribution in [-0.4, -0.2) is 38.2 Å². The molecule has 142 valence electrons. The third-order valence-corrected chi connectivity index (χ3v) is 6.11. The maximum absolute atomic E-state index is 13.2. The van der Waals surface area contributed by atoms with Crippen molar-refractivity contribution >= 4 is 11.6 Å². The monoisotopic (exact) mass is 376 g/mol. The summed E-state index contributed by atoms with van der Waals surface area (Å²) >= 11 is 0. The van der Waals surface area contributed by atoms with E-state index >= 15 is 0 Å². The Morgan fingerprint density at radius 2 is 2.11 bits per heavy atom. The summed E-state index contributed by atoms with van der Waals surface area (Å²) in [5.41, 5.74) is 5.15. The highest BCUT2D eigenvalue weighted by molar-refractivity contribution is 5.80. The van der Waals surface area contributed by atoms with E-state index in [1.54, 1.807) is 0 Å². The van der Waals surface area contributed by atoms with Crippen LogP contribution in [0.4, 0.5) is 0 Å². The number of rotatable bonds is 2. The lowest BCUT2D eigenvalue weighted by Gasteiger charge is -2.36. The summed E-state index contributed by atoms with van der Waals surface area (Å²) in [6.45, 7) is 2.23. The van der Waals surface area contributed by atoms with Crippen molar-refractivity contribution < 1.29 is 14.3 Å². The van der Waals surface area contributed by atoms with Gasteiger partial charge in [-0.2, -0.15) is 5.10 Å². The molecule has 5 heterocycles. The molecule has 1 amide bonds. The Labute approximate surface area is 161 Å². The fourth-order valence-electron chi connectivity index (χ4n) is 4.90. The molecule has 0 radical (unpaired) electrons. The number of aromatic nitrogens is 3. The zero-order valence-electron chi connectivity index (χ0n) is 15.6. The second-order valence-electron chi connectivity index (χ2n) is 7.83. The maximum Gasteiger partial charge on any atom is 0.231 e. The van der Waals surface area contributed by atoms with E-state index in [2.05, 4.69) is 15.0 Å². The number of hydrogen-bond donors (Lipinski definition) is 0. The number of fused-ring (bicyclic) bond motifs is 7. The third kappa shape index (κ3) is 2.25. The molecular formula is C21H20N4O3. The van der Waals surface area contributed by atoms with Gasteiger partial charge in [0.15, 0.2) is 17.1 Å². The van der Waals surface area contributed by atoms with Crippen molar-refractivity contribution in [1.82, 2.24) is 19.5 Å². The van der Waals surface area contributed by atoms with Crippen molar-refractivity contribution in [2.75, 3.05) is 6.79 Å². The summed E-state index contributed by atoms with van der Waals surface area (Å²) in [6, 6.07) is 8.07. The molecule has 0 N–H and O–H groups in total. The van der Waals surface area contributed by atoms with Crippen LogP contribution in [0.3, 0.4) is 0 Å². The van der Waals surface area contributed by atoms with Gasteiger partial charge in [0, 0.05) is 30.3 Å². The van der Waals surface area contributed by atoms with Crippen LogP contribution in [0.1, 0.15) is 41.4 Å². The molecule has 1 fully saturated rings. The van der Waals surface area contributed by atoms with Gasteiger partial charge in [-0.25, -0.2) is 9.50 Å². The van der Waals surface area contributed by atoms with E-state index in [9.17, 15) is 4.79 Å². The number of hydrogen-bond acceptors (Lipinski definition) is 5. The van der Waals surface area contributed by atoms with Gasteiger partial charge in [-0.3, -0.25) is 4.79 Å². The minimum absolute atomic E-state index is 0.0941. The number of carbonyl (C=O) groups is 1. The summed E-state index contributed by atoms with van der Waals surface area (Å²) < 4.78 is 12.8. The van der Waals surface area contributed by atoms with Crippen molar-refractivity contribution in [3.05, 3.63) is 53.0 Å². The van der Waals surface area contributed by atoms with Gasteiger partial charge in [-0.15, -0.1) is 0 Å². The van der Waals surface area contributed by atoms with Crippen LogP contribution in [0, 0.1) is 6.92 Å². The Balaban J connectivity index is 1.32. The molecule has 28 heavy (non-hydrogen) atoms. The predicted octanol–water partition coefficient (Wildman–Crippen LogP) is 2.60. The Morgan fingerprint density at radius 1 is 1.21 bits per heavy atom. The molecule has 7 nitrogen and oxygen atoms in total. The lowest BCUT2D eigenvalue weighted by Crippen LogP contribution is -2.43. The molecule has 3 aliphatic rings. The molecule has 6 rings (SSSR count). The minimum Gasteiger partial charge on any atom is -0.454 e. The first-order valence-electron chi connectivity index (χ1n) is 9.71. The molecule has 1 saturated heterocycles. The number of aryl methyl sites for hydroxylation is 1. The molecule has 2 bridgehead atoms. The van der Waals surface area contributed by atoms with Gasteiger partial charge in [0.1, 0.15) is 0 Å². The molecule has 2 aromatic heterocycles. The summed E-state index contributed by atoms with van der Waals surface area (Å²) in [6.07, 6.45) is 5.15. The fourth-order valence-corrected chi connectivity index (χ4v) is 4.90. The standard InChI is InChI=1S/C21H20N4O3/c1-12-6-20-22-10-15-16-4-3-14(9-17(15)25(20)23-12)24(16)21(26)8-13-2-5-18-19(7-13)28-11-27-18/h2,5-7,10,14,16H,3-4,8-9,11H2,1H3/t14-,16+/m0/s1. The molecule has 3 aliphatic heterocycles. The van der Waals surface area contributed by atoms with Crippen molar-refractivity contribution in [1.29, 1.82) is 0 Å². The second-order valence-corrected chi connectivity index (χ2v) is 7.83. The zero-order chi connectivity index (χ0) is 18.8. The highest BCUT2D eigenvalue weighted by Crippen LogP contribution is 2.44. The lowest BCUT2D eigenvalue weighted by molar-refractivity contribution is -0.134. The number of amides is 1. The molecular weight excluding hydrogens is 356 g/mol. The van der Waals surface area contributed by atoms with Crippen LogP contribution in [0.5, 0.6) is 11.5 Å². The number of carbonyl (C=O) groups excluding carboxylic acids is 1. The van der Waals surface area contributed by atoms with Crippen molar-refractivity contribution in [2.24, 2.45) is 0 Å². The van der Waals surface area contributed by atoms with Crippen molar-refractivity contribution in [2.45, 2.75) is 44.7 Å². The number of ether oxygens (including phenoxy) is 2. The van der Waals surface area contributed by atoms with Gasteiger partial charge in [0.25, 0.3) is 0 Å². The van der Waals surface area contributed by atoms with Crippen LogP contribution in [-0.2, 0) is 17.6 Å². The van der Waals surface area contributed by atoms with Crippen LogP contribution >= 0.6 is 0 Å². The van der Waals surface area contributed by atoms with E-state index < -0.39 is 0 Å². The molecule has 1 aromatic carbocycles. The van der Waals surface area contributed by atoms with Gasteiger partial charge >= 0.3 is 0 Å². The van der Waals surface area contributed by atoms with Gasteiger partial charge in [0.05, 0.1) is 23.9 Å². The predicted molar refractivity (Wildman–Crippen MR) is 100 cm³/mol. The first kappa shape index (κ1) is 15.9. The Bertz CT molecular complexity index is 1120. The number of benzene rings is 1. The highest BCUT2D eigenvalue weighted by atomic mass is 16.7. The Hall–Kier alpha value is -3.09. The Kier molecular flexibility index (Phi) is 3.24. The topological polar surface area (TPSA) is 69.0 Å². The summed E-state index contributed by atoms with van der Waals surface area (Å²) in [5, 5.41) is 4.62. The molecule has 2 atom stereocenters. The zero-order valence-corrected chi connectivity index (χ0v) is 15.6. The van der Waals surface area contributed by atoms with Crippen LogP contribution in [0.2, 0.25) is 0 Å². The van der Waals surface area contributed by atoms with Gasteiger partial charge in [-0.1, -0.05) is 6.07 Å². The normalized spacial score (nSPS) is 22.0. The van der Waals surface area contributed by atoms with Crippen LogP contribution in [0.25, 0.3) is 5.65 Å². The van der Waals surface area contributed by atoms with Crippen LogP contribution < -0.4 is 9.47 Å². The average Bonchev–Trinajstić information content (AvgIpc) is 3.37. The first-order valence-corrected chi connectivity index (χ1v) is 9.71. The quantitative estimate of drug-likeness (QED) is 0.688. The third-order valence-electron chi connectivity index (χ3n) is 6.11. The van der Waals surface area contributed by atoms with E-state index in [0.717, 1.165) is 53.2 Å². The van der Waals surface area contributed by atoms with Gasteiger partial charge < -0.3 is 14.4 Å². The van der Waals surface area contributed by atoms with E-state index in [1.807, 2.05) is 41.9 Å². The van der Waals surface area contributed by atoms with E-state index in [-0.39, 0.29) is 24.8 Å². The molecule has 3 aromatic rings. The summed E-state index contributed by atoms with van der Waals surface area (Å²) in [5.74, 6) is 1.62. The highest BCUT2D eigenvalue weighted by Gasteiger charge is 2.43. The molecule has 7 heteroatoms. The Morgan fingerprint density at radius 3 is 3.04 bits per heavy atom. The maximum atomic E-state index is 13.2. The fraction of sp³-hybridized carbons (Fsp3) is 0.381. The smallest absolute Gasteiger partial charge is 0.231 e. The summed E-state index contributed by atoms with van der Waals surface area (Å²) in [7, 11) is 0. The molecule has 0 spiro atoms. The summed E-state index contributed by atoms with van der Waals surface area (Å²) in [4.78, 5) is 19.9. The number of nitrogens with zero attached hydrogens (tertiary/aromatic N) is 4. The van der Waals surface area contributed by atoms with Crippen molar-refractivity contribution in [3.8, 4) is 11.5 Å². The van der Waals surface area contributed by atoms with Gasteiger partial charge in [-0.05, 0) is 37.5 Å². The minimum atomic E-state index is 0.0941. The van der Waals surface area contributed by atoms with Crippen LogP contribution in [0.15, 0.2) is 30.5 Å². The van der Waals surface area contributed by atoms with Gasteiger partial charge in [0.2, 0.25) is 12.7 Å². The first-order chi connectivity index (χ1) is 13.7. The van der Waals surface area contributed by atoms with Crippen molar-refractivity contribution in [3.63, 3.8) is 0 Å². The largest absolute Gasteiger partial charge is 0.454 e. The lowest BCUT2D eigenvalue weighted by atomic mass is 9.98. The molecule has 0 saturated carbocycles.